The second-order valence-electron chi connectivity index (χ2n) is 5.61. The zero-order valence-electron chi connectivity index (χ0n) is 11.0. The van der Waals surface area contributed by atoms with Crippen LogP contribution in [0.25, 0.3) is 0 Å². The lowest BCUT2D eigenvalue weighted by Gasteiger charge is -2.19. The molecule has 1 N–H and O–H groups in total. The van der Waals surface area contributed by atoms with Crippen molar-refractivity contribution in [2.75, 3.05) is 13.1 Å². The maximum atomic E-state index is 14.6. The fraction of sp³-hybridized carbons (Fsp3) is 0.692. The number of nitrogens with zero attached hydrogens (tertiary/aromatic N) is 2. The standard InChI is InChI=1S/C13H18FN3O2/c1-9-6-11(19-16-9)7-17-5-4-13(14,8-17)12(18)15-10-2-3-10/h6,10H,2-5,7-8H2,1H3,(H,15,18). The number of nitrogens with one attached hydrogen (secondary N) is 1. The van der Waals surface area contributed by atoms with E-state index in [4.69, 9.17) is 4.52 Å². The number of halogens is 1. The van der Waals surface area contributed by atoms with Crippen LogP contribution in [-0.2, 0) is 11.3 Å². The maximum absolute atomic E-state index is 14.6. The van der Waals surface area contributed by atoms with Crippen LogP contribution in [0.5, 0.6) is 0 Å². The molecule has 104 valence electrons. The van der Waals surface area contributed by atoms with Gasteiger partial charge in [-0.1, -0.05) is 5.16 Å². The fourth-order valence-corrected chi connectivity index (χ4v) is 2.42. The Balaban J connectivity index is 1.57. The van der Waals surface area contributed by atoms with E-state index in [1.54, 1.807) is 0 Å². The minimum Gasteiger partial charge on any atom is -0.360 e. The van der Waals surface area contributed by atoms with Gasteiger partial charge in [0, 0.05) is 31.6 Å². The Labute approximate surface area is 111 Å². The van der Waals surface area contributed by atoms with Crippen LogP contribution < -0.4 is 5.32 Å². The molecule has 2 aliphatic rings. The minimum atomic E-state index is -1.75. The van der Waals surface area contributed by atoms with Gasteiger partial charge >= 0.3 is 0 Å². The molecule has 0 spiro atoms. The topological polar surface area (TPSA) is 58.4 Å². The average molecular weight is 267 g/mol. The second kappa shape index (κ2) is 4.59. The van der Waals surface area contributed by atoms with Crippen LogP contribution in [0.4, 0.5) is 4.39 Å². The molecule has 0 radical (unpaired) electrons. The Kier molecular flexibility index (Phi) is 3.05. The Morgan fingerprint density at radius 3 is 3.11 bits per heavy atom. The zero-order chi connectivity index (χ0) is 13.5. The van der Waals surface area contributed by atoms with Gasteiger partial charge in [-0.3, -0.25) is 9.69 Å². The number of likely N-dealkylation sites (tertiary alicyclic amines) is 1. The Bertz CT molecular complexity index is 486. The van der Waals surface area contributed by atoms with Crippen molar-refractivity contribution in [1.82, 2.24) is 15.4 Å². The largest absolute Gasteiger partial charge is 0.360 e. The van der Waals surface area contributed by atoms with E-state index in [1.807, 2.05) is 17.9 Å². The molecule has 1 aliphatic carbocycles. The molecule has 1 aromatic rings. The van der Waals surface area contributed by atoms with Crippen LogP contribution in [0.15, 0.2) is 10.6 Å². The van der Waals surface area contributed by atoms with Crippen molar-refractivity contribution in [3.05, 3.63) is 17.5 Å². The lowest BCUT2D eigenvalue weighted by Crippen LogP contribution is -2.46. The first kappa shape index (κ1) is 12.6. The van der Waals surface area contributed by atoms with E-state index in [9.17, 15) is 9.18 Å². The van der Waals surface area contributed by atoms with Crippen LogP contribution in [0.3, 0.4) is 0 Å². The summed E-state index contributed by atoms with van der Waals surface area (Å²) in [6.07, 6.45) is 2.20. The van der Waals surface area contributed by atoms with Gasteiger partial charge < -0.3 is 9.84 Å². The number of hydrogen-bond donors (Lipinski definition) is 1. The molecule has 1 aliphatic heterocycles. The van der Waals surface area contributed by atoms with Gasteiger partial charge in [-0.05, 0) is 19.8 Å². The van der Waals surface area contributed by atoms with E-state index in [1.165, 1.54) is 0 Å². The van der Waals surface area contributed by atoms with Gasteiger partial charge in [0.25, 0.3) is 5.91 Å². The van der Waals surface area contributed by atoms with Crippen LogP contribution in [0.1, 0.15) is 30.7 Å². The van der Waals surface area contributed by atoms with Gasteiger partial charge in [0.15, 0.2) is 5.76 Å². The van der Waals surface area contributed by atoms with E-state index in [0.717, 1.165) is 18.5 Å². The zero-order valence-corrected chi connectivity index (χ0v) is 11.0. The maximum Gasteiger partial charge on any atom is 0.259 e. The lowest BCUT2D eigenvalue weighted by atomic mass is 10.0. The highest BCUT2D eigenvalue weighted by atomic mass is 19.1. The number of amides is 1. The van der Waals surface area contributed by atoms with Crippen molar-refractivity contribution in [2.24, 2.45) is 0 Å². The Morgan fingerprint density at radius 1 is 1.68 bits per heavy atom. The van der Waals surface area contributed by atoms with Gasteiger partial charge in [0.1, 0.15) is 0 Å². The number of alkyl halides is 1. The summed E-state index contributed by atoms with van der Waals surface area (Å²) in [7, 11) is 0. The third-order valence-corrected chi connectivity index (χ3v) is 3.67. The van der Waals surface area contributed by atoms with E-state index in [-0.39, 0.29) is 19.0 Å². The van der Waals surface area contributed by atoms with Gasteiger partial charge in [-0.25, -0.2) is 4.39 Å². The quantitative estimate of drug-likeness (QED) is 0.890. The summed E-state index contributed by atoms with van der Waals surface area (Å²) in [5, 5.41) is 6.55. The van der Waals surface area contributed by atoms with Crippen molar-refractivity contribution in [3.63, 3.8) is 0 Å². The summed E-state index contributed by atoms with van der Waals surface area (Å²) < 4.78 is 19.7. The Hall–Kier alpha value is -1.43. The summed E-state index contributed by atoms with van der Waals surface area (Å²) in [6, 6.07) is 2.04. The number of carbonyl (C=O) groups excluding carboxylic acids is 1. The van der Waals surface area contributed by atoms with Crippen molar-refractivity contribution in [2.45, 2.75) is 44.4 Å². The van der Waals surface area contributed by atoms with Gasteiger partial charge in [0.2, 0.25) is 5.67 Å². The van der Waals surface area contributed by atoms with E-state index >= 15 is 0 Å². The van der Waals surface area contributed by atoms with Gasteiger partial charge in [0.05, 0.1) is 12.2 Å². The van der Waals surface area contributed by atoms with Crippen LogP contribution >= 0.6 is 0 Å². The molecule has 3 rings (SSSR count). The predicted molar refractivity (Wildman–Crippen MR) is 66.1 cm³/mol. The first-order chi connectivity index (χ1) is 9.05. The van der Waals surface area contributed by atoms with Crippen molar-refractivity contribution < 1.29 is 13.7 Å². The van der Waals surface area contributed by atoms with Crippen molar-refractivity contribution in [3.8, 4) is 0 Å². The molecule has 19 heavy (non-hydrogen) atoms. The highest BCUT2D eigenvalue weighted by molar-refractivity contribution is 5.86. The second-order valence-corrected chi connectivity index (χ2v) is 5.61. The predicted octanol–water partition coefficient (Wildman–Crippen LogP) is 1.18. The summed E-state index contributed by atoms with van der Waals surface area (Å²) in [5.74, 6) is 0.260. The third kappa shape index (κ3) is 2.78. The lowest BCUT2D eigenvalue weighted by molar-refractivity contribution is -0.132. The van der Waals surface area contributed by atoms with Gasteiger partial charge in [-0.2, -0.15) is 0 Å². The molecule has 0 aromatic carbocycles. The molecule has 0 bridgehead atoms. The number of aromatic nitrogens is 1. The smallest absolute Gasteiger partial charge is 0.259 e. The molecule has 2 heterocycles. The van der Waals surface area contributed by atoms with Crippen LogP contribution in [0.2, 0.25) is 0 Å². The van der Waals surface area contributed by atoms with Crippen molar-refractivity contribution in [1.29, 1.82) is 0 Å². The number of aryl methyl sites for hydroxylation is 1. The van der Waals surface area contributed by atoms with Crippen molar-refractivity contribution >= 4 is 5.91 Å². The number of carbonyl (C=O) groups is 1. The molecular formula is C13H18FN3O2. The van der Waals surface area contributed by atoms with Crippen LogP contribution in [0, 0.1) is 6.92 Å². The number of rotatable bonds is 4. The molecular weight excluding hydrogens is 249 g/mol. The normalized spacial score (nSPS) is 27.7. The average Bonchev–Trinajstić information content (AvgIpc) is 2.96. The van der Waals surface area contributed by atoms with Gasteiger partial charge in [-0.15, -0.1) is 0 Å². The van der Waals surface area contributed by atoms with E-state index in [2.05, 4.69) is 10.5 Å². The summed E-state index contributed by atoms with van der Waals surface area (Å²) in [6.45, 7) is 3.04. The monoisotopic (exact) mass is 267 g/mol. The van der Waals surface area contributed by atoms with Crippen LogP contribution in [-0.4, -0.2) is 40.8 Å². The first-order valence-electron chi connectivity index (χ1n) is 6.70. The SMILES string of the molecule is Cc1cc(CN2CCC(F)(C(=O)NC3CC3)C2)on1. The summed E-state index contributed by atoms with van der Waals surface area (Å²) >= 11 is 0. The van der Waals surface area contributed by atoms with E-state index in [0.29, 0.717) is 18.8 Å². The highest BCUT2D eigenvalue weighted by Crippen LogP contribution is 2.29. The summed E-state index contributed by atoms with van der Waals surface area (Å²) in [5.41, 5.74) is -0.940. The van der Waals surface area contributed by atoms with E-state index < -0.39 is 11.6 Å². The molecule has 5 nitrogen and oxygen atoms in total. The molecule has 1 saturated carbocycles. The Morgan fingerprint density at radius 2 is 2.47 bits per heavy atom. The molecule has 1 aromatic heterocycles. The first-order valence-corrected chi connectivity index (χ1v) is 6.70. The fourth-order valence-electron chi connectivity index (χ4n) is 2.42. The highest BCUT2D eigenvalue weighted by Gasteiger charge is 2.46. The molecule has 2 fully saturated rings. The molecule has 6 heteroatoms. The molecule has 1 saturated heterocycles. The summed E-state index contributed by atoms with van der Waals surface area (Å²) in [4.78, 5) is 13.8. The molecule has 1 amide bonds. The minimum absolute atomic E-state index is 0.130. The third-order valence-electron chi connectivity index (χ3n) is 3.67. The molecule has 1 unspecified atom stereocenters. The number of hydrogen-bond acceptors (Lipinski definition) is 4. The molecule has 1 atom stereocenters.